The SMILES string of the molecule is CCC(C(=O)O)N1CCCC(c2ccccc2)CC1. The predicted octanol–water partition coefficient (Wildman–Crippen LogP) is 3.12. The normalized spacial score (nSPS) is 22.7. The second-order valence-electron chi connectivity index (χ2n) is 5.34. The number of hydrogen-bond donors (Lipinski definition) is 1. The lowest BCUT2D eigenvalue weighted by atomic mass is 9.92. The molecule has 1 aromatic rings. The van der Waals surface area contributed by atoms with Gasteiger partial charge in [-0.05, 0) is 50.3 Å². The molecule has 3 heteroatoms. The molecule has 0 aromatic heterocycles. The number of carboxylic acids is 1. The first kappa shape index (κ1) is 14.1. The molecule has 1 aliphatic rings. The smallest absolute Gasteiger partial charge is 0.320 e. The van der Waals surface area contributed by atoms with Gasteiger partial charge in [0.1, 0.15) is 6.04 Å². The van der Waals surface area contributed by atoms with Crippen molar-refractivity contribution in [1.82, 2.24) is 4.90 Å². The van der Waals surface area contributed by atoms with Crippen LogP contribution in [0.1, 0.15) is 44.1 Å². The third-order valence-electron chi connectivity index (χ3n) is 4.15. The molecule has 0 saturated carbocycles. The highest BCUT2D eigenvalue weighted by Gasteiger charge is 2.26. The number of likely N-dealkylation sites (tertiary alicyclic amines) is 1. The Bertz CT molecular complexity index is 404. The Morgan fingerprint density at radius 2 is 2.05 bits per heavy atom. The highest BCUT2D eigenvalue weighted by Crippen LogP contribution is 2.28. The minimum absolute atomic E-state index is 0.311. The fourth-order valence-corrected chi connectivity index (χ4v) is 3.08. The first-order valence-corrected chi connectivity index (χ1v) is 7.24. The molecule has 104 valence electrons. The Morgan fingerprint density at radius 1 is 1.32 bits per heavy atom. The third-order valence-corrected chi connectivity index (χ3v) is 4.15. The van der Waals surface area contributed by atoms with Crippen molar-refractivity contribution in [3.05, 3.63) is 35.9 Å². The van der Waals surface area contributed by atoms with Crippen LogP contribution in [0.25, 0.3) is 0 Å². The largest absolute Gasteiger partial charge is 0.480 e. The first-order valence-electron chi connectivity index (χ1n) is 7.24. The van der Waals surface area contributed by atoms with E-state index in [4.69, 9.17) is 0 Å². The fourth-order valence-electron chi connectivity index (χ4n) is 3.08. The average Bonchev–Trinajstić information content (AvgIpc) is 2.66. The van der Waals surface area contributed by atoms with Crippen LogP contribution in [0.3, 0.4) is 0 Å². The topological polar surface area (TPSA) is 40.5 Å². The van der Waals surface area contributed by atoms with Crippen molar-refractivity contribution in [3.8, 4) is 0 Å². The van der Waals surface area contributed by atoms with Crippen LogP contribution in [-0.4, -0.2) is 35.1 Å². The molecule has 0 amide bonds. The summed E-state index contributed by atoms with van der Waals surface area (Å²) in [7, 11) is 0. The zero-order chi connectivity index (χ0) is 13.7. The molecule has 0 bridgehead atoms. The van der Waals surface area contributed by atoms with E-state index in [2.05, 4.69) is 29.2 Å². The van der Waals surface area contributed by atoms with Crippen molar-refractivity contribution < 1.29 is 9.90 Å². The molecule has 2 unspecified atom stereocenters. The molecule has 2 atom stereocenters. The van der Waals surface area contributed by atoms with Gasteiger partial charge < -0.3 is 5.11 Å². The van der Waals surface area contributed by atoms with Crippen molar-refractivity contribution in [2.24, 2.45) is 0 Å². The minimum atomic E-state index is -0.680. The van der Waals surface area contributed by atoms with Crippen LogP contribution in [0.4, 0.5) is 0 Å². The van der Waals surface area contributed by atoms with Gasteiger partial charge in [-0.2, -0.15) is 0 Å². The van der Waals surface area contributed by atoms with Gasteiger partial charge in [0.25, 0.3) is 0 Å². The Labute approximate surface area is 115 Å². The second kappa shape index (κ2) is 6.71. The van der Waals surface area contributed by atoms with Gasteiger partial charge in [-0.1, -0.05) is 37.3 Å². The molecular formula is C16H23NO2. The molecule has 1 fully saturated rings. The van der Waals surface area contributed by atoms with Crippen molar-refractivity contribution in [2.75, 3.05) is 13.1 Å². The number of benzene rings is 1. The Balaban J connectivity index is 2.00. The van der Waals surface area contributed by atoms with Gasteiger partial charge >= 0.3 is 5.97 Å². The number of aliphatic carboxylic acids is 1. The lowest BCUT2D eigenvalue weighted by molar-refractivity contribution is -0.143. The molecule has 1 N–H and O–H groups in total. The van der Waals surface area contributed by atoms with E-state index in [9.17, 15) is 9.90 Å². The molecule has 2 rings (SSSR count). The summed E-state index contributed by atoms with van der Waals surface area (Å²) in [5, 5.41) is 9.26. The summed E-state index contributed by atoms with van der Waals surface area (Å²) in [5.74, 6) is -0.0989. The van der Waals surface area contributed by atoms with Gasteiger partial charge in [0.2, 0.25) is 0 Å². The maximum absolute atomic E-state index is 11.3. The van der Waals surface area contributed by atoms with Crippen LogP contribution in [0.2, 0.25) is 0 Å². The highest BCUT2D eigenvalue weighted by molar-refractivity contribution is 5.73. The van der Waals surface area contributed by atoms with Crippen molar-refractivity contribution >= 4 is 5.97 Å². The monoisotopic (exact) mass is 261 g/mol. The minimum Gasteiger partial charge on any atom is -0.480 e. The van der Waals surface area contributed by atoms with E-state index in [0.29, 0.717) is 12.3 Å². The Morgan fingerprint density at radius 3 is 2.68 bits per heavy atom. The summed E-state index contributed by atoms with van der Waals surface area (Å²) in [4.78, 5) is 13.4. The summed E-state index contributed by atoms with van der Waals surface area (Å²) in [6, 6.07) is 10.3. The molecule has 0 radical (unpaired) electrons. The van der Waals surface area contributed by atoms with Gasteiger partial charge in [0, 0.05) is 0 Å². The third kappa shape index (κ3) is 3.57. The van der Waals surface area contributed by atoms with Crippen LogP contribution in [0.5, 0.6) is 0 Å². The first-order chi connectivity index (χ1) is 9.22. The van der Waals surface area contributed by atoms with E-state index < -0.39 is 5.97 Å². The van der Waals surface area contributed by atoms with Crippen molar-refractivity contribution in [2.45, 2.75) is 44.6 Å². The van der Waals surface area contributed by atoms with E-state index in [1.807, 2.05) is 13.0 Å². The van der Waals surface area contributed by atoms with Crippen LogP contribution in [0, 0.1) is 0 Å². The zero-order valence-corrected chi connectivity index (χ0v) is 11.6. The summed E-state index contributed by atoms with van der Waals surface area (Å²) in [5.41, 5.74) is 1.40. The number of hydrogen-bond acceptors (Lipinski definition) is 2. The molecule has 1 heterocycles. The fraction of sp³-hybridized carbons (Fsp3) is 0.562. The van der Waals surface area contributed by atoms with Crippen molar-refractivity contribution in [1.29, 1.82) is 0 Å². The lowest BCUT2D eigenvalue weighted by Gasteiger charge is -2.26. The maximum Gasteiger partial charge on any atom is 0.320 e. The van der Waals surface area contributed by atoms with Crippen LogP contribution < -0.4 is 0 Å². The van der Waals surface area contributed by atoms with E-state index in [0.717, 1.165) is 32.4 Å². The van der Waals surface area contributed by atoms with Gasteiger partial charge in [-0.15, -0.1) is 0 Å². The molecule has 3 nitrogen and oxygen atoms in total. The predicted molar refractivity (Wildman–Crippen MR) is 76.3 cm³/mol. The average molecular weight is 261 g/mol. The number of rotatable bonds is 4. The van der Waals surface area contributed by atoms with E-state index in [1.54, 1.807) is 0 Å². The van der Waals surface area contributed by atoms with E-state index in [-0.39, 0.29) is 6.04 Å². The lowest BCUT2D eigenvalue weighted by Crippen LogP contribution is -2.41. The molecule has 0 spiro atoms. The summed E-state index contributed by atoms with van der Waals surface area (Å²) in [6.45, 7) is 3.76. The number of carbonyl (C=O) groups is 1. The standard InChI is InChI=1S/C16H23NO2/c1-2-15(16(18)19)17-11-6-9-14(10-12-17)13-7-4-3-5-8-13/h3-5,7-8,14-15H,2,6,9-12H2,1H3,(H,18,19). The summed E-state index contributed by atoms with van der Waals surface area (Å²) < 4.78 is 0. The van der Waals surface area contributed by atoms with Gasteiger partial charge in [-0.25, -0.2) is 0 Å². The van der Waals surface area contributed by atoms with Crippen LogP contribution >= 0.6 is 0 Å². The molecule has 0 aliphatic carbocycles. The van der Waals surface area contributed by atoms with Gasteiger partial charge in [0.05, 0.1) is 0 Å². The molecule has 19 heavy (non-hydrogen) atoms. The van der Waals surface area contributed by atoms with E-state index in [1.165, 1.54) is 5.56 Å². The maximum atomic E-state index is 11.3. The highest BCUT2D eigenvalue weighted by atomic mass is 16.4. The number of carboxylic acid groups (broad SMARTS) is 1. The Hall–Kier alpha value is -1.35. The van der Waals surface area contributed by atoms with Gasteiger partial charge in [0.15, 0.2) is 0 Å². The molecular weight excluding hydrogens is 238 g/mol. The van der Waals surface area contributed by atoms with Crippen LogP contribution in [-0.2, 0) is 4.79 Å². The number of nitrogens with zero attached hydrogens (tertiary/aromatic N) is 1. The molecule has 1 saturated heterocycles. The van der Waals surface area contributed by atoms with Crippen molar-refractivity contribution in [3.63, 3.8) is 0 Å². The van der Waals surface area contributed by atoms with Gasteiger partial charge in [-0.3, -0.25) is 9.69 Å². The molecule has 1 aliphatic heterocycles. The van der Waals surface area contributed by atoms with Crippen LogP contribution in [0.15, 0.2) is 30.3 Å². The second-order valence-corrected chi connectivity index (χ2v) is 5.34. The molecule has 1 aromatic carbocycles. The Kier molecular flexibility index (Phi) is 4.97. The zero-order valence-electron chi connectivity index (χ0n) is 11.6. The summed E-state index contributed by atoms with van der Waals surface area (Å²) in [6.07, 6.45) is 4.00. The van der Waals surface area contributed by atoms with E-state index >= 15 is 0 Å². The quantitative estimate of drug-likeness (QED) is 0.905. The summed E-state index contributed by atoms with van der Waals surface area (Å²) >= 11 is 0.